The van der Waals surface area contributed by atoms with Crippen molar-refractivity contribution in [3.63, 3.8) is 0 Å². The number of benzene rings is 1. The summed E-state index contributed by atoms with van der Waals surface area (Å²) in [4.78, 5) is 8.59. The van der Waals surface area contributed by atoms with Gasteiger partial charge in [0, 0.05) is 5.41 Å². The second-order valence-electron chi connectivity index (χ2n) is 4.36. The minimum atomic E-state index is -3.10. The van der Waals surface area contributed by atoms with E-state index in [9.17, 15) is 8.42 Å². The predicted molar refractivity (Wildman–Crippen MR) is 74.3 cm³/mol. The van der Waals surface area contributed by atoms with E-state index in [1.165, 1.54) is 5.41 Å². The van der Waals surface area contributed by atoms with Gasteiger partial charge in [0.1, 0.15) is 0 Å². The van der Waals surface area contributed by atoms with Crippen LogP contribution in [0.15, 0.2) is 35.7 Å². The number of nitrogens with two attached hydrogens (primary N) is 1. The number of anilines is 2. The third-order valence-electron chi connectivity index (χ3n) is 2.85. The zero-order chi connectivity index (χ0) is 13.5. The second-order valence-corrected chi connectivity index (χ2v) is 6.29. The molecular weight excluding hydrogens is 264 g/mol. The van der Waals surface area contributed by atoms with Gasteiger partial charge < -0.3 is 11.1 Å². The SMILES string of the molecule is Nc1nc2ccccc2nc1NC1C=CS(=O)(=O)C1. The monoisotopic (exact) mass is 276 g/mol. The molecule has 1 atom stereocenters. The van der Waals surface area contributed by atoms with Gasteiger partial charge in [-0.1, -0.05) is 12.1 Å². The van der Waals surface area contributed by atoms with Gasteiger partial charge in [0.2, 0.25) is 0 Å². The van der Waals surface area contributed by atoms with E-state index in [4.69, 9.17) is 5.73 Å². The first-order valence-corrected chi connectivity index (χ1v) is 7.45. The largest absolute Gasteiger partial charge is 0.381 e. The van der Waals surface area contributed by atoms with Crippen molar-refractivity contribution in [2.75, 3.05) is 16.8 Å². The summed E-state index contributed by atoms with van der Waals surface area (Å²) in [6, 6.07) is 7.05. The van der Waals surface area contributed by atoms with Crippen LogP contribution in [0.1, 0.15) is 0 Å². The van der Waals surface area contributed by atoms with Gasteiger partial charge in [-0.25, -0.2) is 18.4 Å². The van der Waals surface area contributed by atoms with E-state index in [1.807, 2.05) is 24.3 Å². The standard InChI is InChI=1S/C12H12N4O2S/c13-11-12(14-8-5-6-19(17,18)7-8)16-10-4-2-1-3-9(10)15-11/h1-6,8H,7H2,(H2,13,15)(H,14,16). The molecule has 1 aromatic heterocycles. The lowest BCUT2D eigenvalue weighted by Crippen LogP contribution is -2.22. The van der Waals surface area contributed by atoms with E-state index in [-0.39, 0.29) is 17.6 Å². The molecule has 2 heterocycles. The molecule has 3 rings (SSSR count). The van der Waals surface area contributed by atoms with Crippen molar-refractivity contribution in [1.82, 2.24) is 9.97 Å². The lowest BCUT2D eigenvalue weighted by Gasteiger charge is -2.12. The lowest BCUT2D eigenvalue weighted by atomic mass is 10.3. The summed E-state index contributed by atoms with van der Waals surface area (Å²) >= 11 is 0. The van der Waals surface area contributed by atoms with Crippen LogP contribution in [0.2, 0.25) is 0 Å². The minimum Gasteiger partial charge on any atom is -0.381 e. The Balaban J connectivity index is 1.93. The summed E-state index contributed by atoms with van der Waals surface area (Å²) in [5.41, 5.74) is 7.24. The van der Waals surface area contributed by atoms with Gasteiger partial charge in [0.15, 0.2) is 21.5 Å². The molecule has 0 saturated heterocycles. The summed E-state index contributed by atoms with van der Waals surface area (Å²) in [6.45, 7) is 0. The lowest BCUT2D eigenvalue weighted by molar-refractivity contribution is 0.605. The Morgan fingerprint density at radius 1 is 1.21 bits per heavy atom. The average molecular weight is 276 g/mol. The number of hydrogen-bond acceptors (Lipinski definition) is 6. The highest BCUT2D eigenvalue weighted by Crippen LogP contribution is 2.21. The van der Waals surface area contributed by atoms with Crippen LogP contribution in [-0.2, 0) is 9.84 Å². The number of aromatic nitrogens is 2. The van der Waals surface area contributed by atoms with Crippen LogP contribution in [0, 0.1) is 0 Å². The van der Waals surface area contributed by atoms with Gasteiger partial charge >= 0.3 is 0 Å². The molecule has 6 nitrogen and oxygen atoms in total. The quantitative estimate of drug-likeness (QED) is 0.847. The molecule has 7 heteroatoms. The first-order valence-electron chi connectivity index (χ1n) is 5.73. The predicted octanol–water partition coefficient (Wildman–Crippen LogP) is 0.935. The normalized spacial score (nSPS) is 20.7. The van der Waals surface area contributed by atoms with E-state index < -0.39 is 9.84 Å². The van der Waals surface area contributed by atoms with Crippen LogP contribution < -0.4 is 11.1 Å². The fraction of sp³-hybridized carbons (Fsp3) is 0.167. The van der Waals surface area contributed by atoms with Crippen LogP contribution >= 0.6 is 0 Å². The van der Waals surface area contributed by atoms with Crippen LogP contribution in [0.25, 0.3) is 11.0 Å². The molecule has 1 unspecified atom stereocenters. The number of nitrogens with zero attached hydrogens (tertiary/aromatic N) is 2. The van der Waals surface area contributed by atoms with E-state index in [2.05, 4.69) is 15.3 Å². The first kappa shape index (κ1) is 11.9. The molecule has 1 aliphatic heterocycles. The fourth-order valence-electron chi connectivity index (χ4n) is 1.96. The van der Waals surface area contributed by atoms with Crippen molar-refractivity contribution in [3.05, 3.63) is 35.7 Å². The van der Waals surface area contributed by atoms with Gasteiger partial charge in [-0.3, -0.25) is 0 Å². The van der Waals surface area contributed by atoms with Gasteiger partial charge in [-0.15, -0.1) is 0 Å². The summed E-state index contributed by atoms with van der Waals surface area (Å²) in [7, 11) is -3.10. The van der Waals surface area contributed by atoms with Crippen molar-refractivity contribution in [2.24, 2.45) is 0 Å². The number of nitrogen functional groups attached to an aromatic ring is 1. The van der Waals surface area contributed by atoms with Gasteiger partial charge in [0.05, 0.1) is 22.8 Å². The van der Waals surface area contributed by atoms with Crippen molar-refractivity contribution < 1.29 is 8.42 Å². The molecule has 0 fully saturated rings. The Bertz CT molecular complexity index is 770. The fourth-order valence-corrected chi connectivity index (χ4v) is 3.20. The van der Waals surface area contributed by atoms with Gasteiger partial charge in [-0.2, -0.15) is 0 Å². The highest BCUT2D eigenvalue weighted by Gasteiger charge is 2.22. The molecule has 0 aliphatic carbocycles. The summed E-state index contributed by atoms with van der Waals surface area (Å²) in [5, 5.41) is 4.20. The van der Waals surface area contributed by atoms with Crippen molar-refractivity contribution in [3.8, 4) is 0 Å². The number of sulfone groups is 1. The maximum Gasteiger partial charge on any atom is 0.173 e. The molecule has 0 saturated carbocycles. The van der Waals surface area contributed by atoms with Gasteiger partial charge in [0.25, 0.3) is 0 Å². The number of rotatable bonds is 2. The highest BCUT2D eigenvalue weighted by atomic mass is 32.2. The molecule has 0 spiro atoms. The Morgan fingerprint density at radius 2 is 1.89 bits per heavy atom. The van der Waals surface area contributed by atoms with Crippen LogP contribution in [0.4, 0.5) is 11.6 Å². The molecule has 2 aromatic rings. The van der Waals surface area contributed by atoms with E-state index in [0.29, 0.717) is 16.9 Å². The van der Waals surface area contributed by atoms with Gasteiger partial charge in [-0.05, 0) is 18.2 Å². The third kappa shape index (κ3) is 2.37. The summed E-state index contributed by atoms with van der Waals surface area (Å²) in [6.07, 6.45) is 1.59. The van der Waals surface area contributed by atoms with E-state index >= 15 is 0 Å². The topological polar surface area (TPSA) is 98.0 Å². The highest BCUT2D eigenvalue weighted by molar-refractivity contribution is 7.94. The Morgan fingerprint density at radius 3 is 2.53 bits per heavy atom. The molecule has 1 aromatic carbocycles. The van der Waals surface area contributed by atoms with Crippen LogP contribution in [-0.4, -0.2) is 30.2 Å². The molecule has 0 radical (unpaired) electrons. The summed E-state index contributed by atoms with van der Waals surface area (Å²) < 4.78 is 22.7. The molecule has 0 bridgehead atoms. The number of hydrogen-bond donors (Lipinski definition) is 2. The maximum atomic E-state index is 11.3. The molecule has 1 aliphatic rings. The molecular formula is C12H12N4O2S. The molecule has 3 N–H and O–H groups in total. The minimum absolute atomic E-state index is 0.0148. The second kappa shape index (κ2) is 4.20. The van der Waals surface area contributed by atoms with Crippen molar-refractivity contribution >= 4 is 32.5 Å². The zero-order valence-electron chi connectivity index (χ0n) is 9.95. The van der Waals surface area contributed by atoms with E-state index in [1.54, 1.807) is 6.08 Å². The van der Waals surface area contributed by atoms with Crippen molar-refractivity contribution in [1.29, 1.82) is 0 Å². The Kier molecular flexibility index (Phi) is 2.63. The summed E-state index contributed by atoms with van der Waals surface area (Å²) in [5.74, 6) is 0.683. The smallest absolute Gasteiger partial charge is 0.173 e. The molecule has 19 heavy (non-hydrogen) atoms. The number of nitrogens with one attached hydrogen (secondary N) is 1. The Labute approximate surface area is 110 Å². The third-order valence-corrected chi connectivity index (χ3v) is 4.25. The molecule has 98 valence electrons. The Hall–Kier alpha value is -2.15. The number of para-hydroxylation sites is 2. The average Bonchev–Trinajstić information content (AvgIpc) is 2.70. The maximum absolute atomic E-state index is 11.3. The van der Waals surface area contributed by atoms with Crippen LogP contribution in [0.3, 0.4) is 0 Å². The number of fused-ring (bicyclic) bond motifs is 1. The first-order chi connectivity index (χ1) is 9.03. The van der Waals surface area contributed by atoms with Crippen molar-refractivity contribution in [2.45, 2.75) is 6.04 Å². The van der Waals surface area contributed by atoms with Crippen LogP contribution in [0.5, 0.6) is 0 Å². The van der Waals surface area contributed by atoms with E-state index in [0.717, 1.165) is 0 Å². The molecule has 0 amide bonds. The zero-order valence-corrected chi connectivity index (χ0v) is 10.8.